The van der Waals surface area contributed by atoms with E-state index >= 15 is 0 Å². The molecule has 32 heavy (non-hydrogen) atoms. The van der Waals surface area contributed by atoms with Crippen LogP contribution in [0.2, 0.25) is 0 Å². The van der Waals surface area contributed by atoms with Crippen LogP contribution in [0.3, 0.4) is 0 Å². The maximum Gasteiger partial charge on any atom is 0.251 e. The third-order valence-corrected chi connectivity index (χ3v) is 7.90. The zero-order valence-electron chi connectivity index (χ0n) is 18.4. The molecule has 172 valence electrons. The molecule has 9 heteroatoms. The zero-order valence-corrected chi connectivity index (χ0v) is 19.2. The topological polar surface area (TPSA) is 91.8 Å². The fraction of sp³-hybridized carbons (Fsp3) is 0.478. The molecule has 1 aromatic carbocycles. The summed E-state index contributed by atoms with van der Waals surface area (Å²) < 4.78 is 32.9. The molecule has 1 N–H and O–H groups in total. The lowest BCUT2D eigenvalue weighted by atomic mass is 10.1. The van der Waals surface area contributed by atoms with Gasteiger partial charge in [0.05, 0.1) is 18.1 Å². The lowest BCUT2D eigenvalue weighted by Crippen LogP contribution is -2.36. The summed E-state index contributed by atoms with van der Waals surface area (Å²) >= 11 is 0. The predicted octanol–water partition coefficient (Wildman–Crippen LogP) is 2.33. The van der Waals surface area contributed by atoms with E-state index in [1.807, 2.05) is 19.1 Å². The molecule has 1 amide bonds. The summed E-state index contributed by atoms with van der Waals surface area (Å²) in [5, 5.41) is 2.93. The van der Waals surface area contributed by atoms with E-state index in [0.717, 1.165) is 49.3 Å². The lowest BCUT2D eigenvalue weighted by molar-refractivity contribution is 0.0950. The number of morpholine rings is 1. The number of rotatable bonds is 6. The number of carbonyl (C=O) groups is 1. The van der Waals surface area contributed by atoms with Crippen molar-refractivity contribution in [1.29, 1.82) is 0 Å². The molecule has 2 aliphatic heterocycles. The SMILES string of the molecule is Cc1ccc(S(=O)(=O)N2CCCCC2)cc1C(=O)NCc1ccnc(N2CCOCC2)c1. The van der Waals surface area contributed by atoms with E-state index < -0.39 is 10.0 Å². The quantitative estimate of drug-likeness (QED) is 0.714. The van der Waals surface area contributed by atoms with Gasteiger partial charge in [-0.3, -0.25) is 4.79 Å². The van der Waals surface area contributed by atoms with Gasteiger partial charge in [0, 0.05) is 44.5 Å². The van der Waals surface area contributed by atoms with Crippen molar-refractivity contribution >= 4 is 21.7 Å². The average Bonchev–Trinajstić information content (AvgIpc) is 2.84. The number of amides is 1. The Hall–Kier alpha value is -2.49. The summed E-state index contributed by atoms with van der Waals surface area (Å²) in [4.78, 5) is 19.7. The van der Waals surface area contributed by atoms with Crippen molar-refractivity contribution < 1.29 is 17.9 Å². The summed E-state index contributed by atoms with van der Waals surface area (Å²) in [7, 11) is -3.59. The van der Waals surface area contributed by atoms with Gasteiger partial charge in [0.25, 0.3) is 5.91 Å². The van der Waals surface area contributed by atoms with Gasteiger partial charge in [-0.05, 0) is 55.2 Å². The highest BCUT2D eigenvalue weighted by atomic mass is 32.2. The highest BCUT2D eigenvalue weighted by molar-refractivity contribution is 7.89. The van der Waals surface area contributed by atoms with E-state index in [9.17, 15) is 13.2 Å². The van der Waals surface area contributed by atoms with Gasteiger partial charge in [-0.1, -0.05) is 12.5 Å². The standard InChI is InChI=1S/C23H30N4O4S/c1-18-5-6-20(32(29,30)27-9-3-2-4-10-27)16-21(18)23(28)25-17-19-7-8-24-22(15-19)26-11-13-31-14-12-26/h5-8,15-16H,2-4,9-14,17H2,1H3,(H,25,28). The van der Waals surface area contributed by atoms with E-state index in [-0.39, 0.29) is 10.8 Å². The molecule has 0 unspecified atom stereocenters. The van der Waals surface area contributed by atoms with Crippen LogP contribution in [0, 0.1) is 6.92 Å². The number of benzene rings is 1. The molecule has 0 saturated carbocycles. The Bertz CT molecular complexity index is 1060. The Morgan fingerprint density at radius 2 is 1.81 bits per heavy atom. The second kappa shape index (κ2) is 9.97. The minimum Gasteiger partial charge on any atom is -0.378 e. The van der Waals surface area contributed by atoms with Crippen LogP contribution in [0.25, 0.3) is 0 Å². The number of hydrogen-bond acceptors (Lipinski definition) is 6. The Labute approximate surface area is 189 Å². The van der Waals surface area contributed by atoms with Crippen LogP contribution in [0.1, 0.15) is 40.7 Å². The fourth-order valence-electron chi connectivity index (χ4n) is 4.07. The first-order valence-corrected chi connectivity index (χ1v) is 12.6. The van der Waals surface area contributed by atoms with Gasteiger partial charge in [-0.15, -0.1) is 0 Å². The molecule has 2 fully saturated rings. The van der Waals surface area contributed by atoms with Crippen molar-refractivity contribution in [3.8, 4) is 0 Å². The van der Waals surface area contributed by atoms with Crippen molar-refractivity contribution in [3.05, 3.63) is 53.2 Å². The van der Waals surface area contributed by atoms with Crippen LogP contribution in [-0.2, 0) is 21.3 Å². The van der Waals surface area contributed by atoms with Crippen molar-refractivity contribution in [1.82, 2.24) is 14.6 Å². The molecule has 4 rings (SSSR count). The molecule has 0 atom stereocenters. The number of hydrogen-bond donors (Lipinski definition) is 1. The average molecular weight is 459 g/mol. The molecule has 0 radical (unpaired) electrons. The van der Waals surface area contributed by atoms with Gasteiger partial charge in [0.15, 0.2) is 0 Å². The molecule has 0 spiro atoms. The van der Waals surface area contributed by atoms with Gasteiger partial charge >= 0.3 is 0 Å². The molecule has 2 saturated heterocycles. The first kappa shape index (κ1) is 22.7. The van der Waals surface area contributed by atoms with Gasteiger partial charge in [-0.25, -0.2) is 13.4 Å². The third kappa shape index (κ3) is 5.11. The Morgan fingerprint density at radius 1 is 1.06 bits per heavy atom. The van der Waals surface area contributed by atoms with Crippen LogP contribution < -0.4 is 10.2 Å². The van der Waals surface area contributed by atoms with Crippen molar-refractivity contribution in [2.24, 2.45) is 0 Å². The van der Waals surface area contributed by atoms with Gasteiger partial charge in [0.2, 0.25) is 10.0 Å². The highest BCUT2D eigenvalue weighted by Gasteiger charge is 2.27. The second-order valence-electron chi connectivity index (χ2n) is 8.25. The van der Waals surface area contributed by atoms with E-state index in [2.05, 4.69) is 15.2 Å². The number of aryl methyl sites for hydroxylation is 1. The molecule has 2 aromatic rings. The molecule has 3 heterocycles. The molecule has 0 bridgehead atoms. The lowest BCUT2D eigenvalue weighted by Gasteiger charge is -2.28. The molecule has 1 aromatic heterocycles. The monoisotopic (exact) mass is 458 g/mol. The number of nitrogens with one attached hydrogen (secondary N) is 1. The minimum atomic E-state index is -3.59. The van der Waals surface area contributed by atoms with Gasteiger partial charge in [0.1, 0.15) is 5.82 Å². The van der Waals surface area contributed by atoms with Gasteiger partial charge < -0.3 is 15.0 Å². The number of nitrogens with zero attached hydrogens (tertiary/aromatic N) is 3. The third-order valence-electron chi connectivity index (χ3n) is 6.00. The number of aromatic nitrogens is 1. The van der Waals surface area contributed by atoms with Crippen LogP contribution in [-0.4, -0.2) is 63.0 Å². The summed E-state index contributed by atoms with van der Waals surface area (Å²) in [5.41, 5.74) is 2.05. The smallest absolute Gasteiger partial charge is 0.251 e. The minimum absolute atomic E-state index is 0.175. The molecule has 0 aliphatic carbocycles. The predicted molar refractivity (Wildman–Crippen MR) is 122 cm³/mol. The normalized spacial score (nSPS) is 17.8. The maximum absolute atomic E-state index is 13.0. The Kier molecular flexibility index (Phi) is 7.07. The number of pyridine rings is 1. The number of carbonyl (C=O) groups excluding carboxylic acids is 1. The van der Waals surface area contributed by atoms with E-state index in [0.29, 0.717) is 38.4 Å². The highest BCUT2D eigenvalue weighted by Crippen LogP contribution is 2.23. The fourth-order valence-corrected chi connectivity index (χ4v) is 5.62. The van der Waals surface area contributed by atoms with Crippen LogP contribution in [0.5, 0.6) is 0 Å². The van der Waals surface area contributed by atoms with Crippen LogP contribution >= 0.6 is 0 Å². The molecule has 2 aliphatic rings. The number of sulfonamides is 1. The summed E-state index contributed by atoms with van der Waals surface area (Å²) in [6, 6.07) is 8.63. The largest absolute Gasteiger partial charge is 0.378 e. The maximum atomic E-state index is 13.0. The van der Waals surface area contributed by atoms with Gasteiger partial charge in [-0.2, -0.15) is 4.31 Å². The van der Waals surface area contributed by atoms with E-state index in [1.165, 1.54) is 10.4 Å². The van der Waals surface area contributed by atoms with E-state index in [1.54, 1.807) is 18.3 Å². The van der Waals surface area contributed by atoms with E-state index in [4.69, 9.17) is 4.74 Å². The van der Waals surface area contributed by atoms with Crippen molar-refractivity contribution in [3.63, 3.8) is 0 Å². The Morgan fingerprint density at radius 3 is 2.56 bits per heavy atom. The first-order chi connectivity index (χ1) is 15.4. The second-order valence-corrected chi connectivity index (χ2v) is 10.2. The summed E-state index contributed by atoms with van der Waals surface area (Å²) in [6.07, 6.45) is 4.53. The summed E-state index contributed by atoms with van der Waals surface area (Å²) in [6.45, 7) is 6.16. The van der Waals surface area contributed by atoms with Crippen molar-refractivity contribution in [2.75, 3.05) is 44.3 Å². The first-order valence-electron chi connectivity index (χ1n) is 11.1. The molecule has 8 nitrogen and oxygen atoms in total. The summed E-state index contributed by atoms with van der Waals surface area (Å²) in [5.74, 6) is 0.578. The Balaban J connectivity index is 1.46. The van der Waals surface area contributed by atoms with Crippen molar-refractivity contribution in [2.45, 2.75) is 37.6 Å². The van der Waals surface area contributed by atoms with Crippen LogP contribution in [0.15, 0.2) is 41.4 Å². The molecular weight excluding hydrogens is 428 g/mol. The number of piperidine rings is 1. The number of anilines is 1. The number of ether oxygens (including phenoxy) is 1. The van der Waals surface area contributed by atoms with Crippen LogP contribution in [0.4, 0.5) is 5.82 Å². The zero-order chi connectivity index (χ0) is 22.6. The molecular formula is C23H30N4O4S.